The molecule has 0 saturated carbocycles. The molecule has 3 aromatic heterocycles. The number of pyridine rings is 1. The molecule has 6 nitrogen and oxygen atoms in total. The minimum atomic E-state index is 0.107. The van der Waals surface area contributed by atoms with Crippen LogP contribution in [0, 0.1) is 13.8 Å². The Kier molecular flexibility index (Phi) is 5.33. The van der Waals surface area contributed by atoms with E-state index in [1.165, 1.54) is 11.8 Å². The van der Waals surface area contributed by atoms with E-state index >= 15 is 0 Å². The summed E-state index contributed by atoms with van der Waals surface area (Å²) in [6.07, 6.45) is 4.47. The lowest BCUT2D eigenvalue weighted by atomic mass is 10.2. The van der Waals surface area contributed by atoms with Crippen molar-refractivity contribution in [2.75, 3.05) is 5.75 Å². The Bertz CT molecular complexity index is 869. The van der Waals surface area contributed by atoms with Gasteiger partial charge in [0.1, 0.15) is 0 Å². The molecular weight excluding hydrogens is 334 g/mol. The number of Topliss-reactive ketones (excluding diaryl/α,β-unsaturated/α-hetero) is 1. The van der Waals surface area contributed by atoms with E-state index in [4.69, 9.17) is 0 Å². The minimum absolute atomic E-state index is 0.107. The maximum atomic E-state index is 12.6. The van der Waals surface area contributed by atoms with Crippen LogP contribution in [0.4, 0.5) is 0 Å². The lowest BCUT2D eigenvalue weighted by Gasteiger charge is -2.07. The van der Waals surface area contributed by atoms with Crippen molar-refractivity contribution in [1.82, 2.24) is 24.7 Å². The first-order chi connectivity index (χ1) is 12.1. The predicted octanol–water partition coefficient (Wildman–Crippen LogP) is 3.67. The summed E-state index contributed by atoms with van der Waals surface area (Å²) < 4.78 is 2.20. The smallest absolute Gasteiger partial charge is 0.209 e. The molecule has 0 spiro atoms. The average molecular weight is 355 g/mol. The van der Waals surface area contributed by atoms with E-state index in [-0.39, 0.29) is 5.78 Å². The van der Waals surface area contributed by atoms with E-state index in [0.717, 1.165) is 35.5 Å². The van der Waals surface area contributed by atoms with Gasteiger partial charge >= 0.3 is 0 Å². The van der Waals surface area contributed by atoms with Crippen molar-refractivity contribution >= 4 is 17.5 Å². The van der Waals surface area contributed by atoms with Crippen molar-refractivity contribution in [1.29, 1.82) is 0 Å². The Hall–Kier alpha value is -2.41. The zero-order valence-electron chi connectivity index (χ0n) is 14.6. The first-order valence-electron chi connectivity index (χ1n) is 8.25. The summed E-state index contributed by atoms with van der Waals surface area (Å²) in [4.78, 5) is 21.0. The molecule has 0 aromatic carbocycles. The van der Waals surface area contributed by atoms with Crippen molar-refractivity contribution in [3.63, 3.8) is 0 Å². The van der Waals surface area contributed by atoms with Gasteiger partial charge in [-0.2, -0.15) is 0 Å². The highest BCUT2D eigenvalue weighted by molar-refractivity contribution is 7.99. The number of nitrogens with zero attached hydrogens (tertiary/aromatic N) is 4. The van der Waals surface area contributed by atoms with Gasteiger partial charge in [-0.05, 0) is 38.5 Å². The predicted molar refractivity (Wildman–Crippen MR) is 98.9 cm³/mol. The zero-order chi connectivity index (χ0) is 17.8. The molecule has 25 heavy (non-hydrogen) atoms. The molecule has 7 heteroatoms. The second-order valence-corrected chi connectivity index (χ2v) is 6.79. The lowest BCUT2D eigenvalue weighted by Crippen LogP contribution is -2.06. The minimum Gasteiger partial charge on any atom is -0.348 e. The van der Waals surface area contributed by atoms with Crippen LogP contribution in [0.1, 0.15) is 35.1 Å². The van der Waals surface area contributed by atoms with E-state index in [2.05, 4.69) is 31.7 Å². The summed E-state index contributed by atoms with van der Waals surface area (Å²) in [5.74, 6) is 1.11. The molecule has 1 N–H and O–H groups in total. The summed E-state index contributed by atoms with van der Waals surface area (Å²) in [7, 11) is 0. The Morgan fingerprint density at radius 1 is 1.28 bits per heavy atom. The van der Waals surface area contributed by atoms with Gasteiger partial charge < -0.3 is 4.57 Å². The highest BCUT2D eigenvalue weighted by Crippen LogP contribution is 2.22. The maximum Gasteiger partial charge on any atom is 0.209 e. The number of carbonyl (C=O) groups excluding carboxylic acids is 1. The fraction of sp³-hybridized carbons (Fsp3) is 0.333. The molecule has 0 saturated heterocycles. The van der Waals surface area contributed by atoms with Crippen molar-refractivity contribution in [3.05, 3.63) is 47.5 Å². The van der Waals surface area contributed by atoms with Crippen LogP contribution in [0.5, 0.6) is 0 Å². The third kappa shape index (κ3) is 3.82. The monoisotopic (exact) mass is 355 g/mol. The molecule has 0 aliphatic heterocycles. The first-order valence-corrected chi connectivity index (χ1v) is 9.24. The van der Waals surface area contributed by atoms with Gasteiger partial charge in [0.25, 0.3) is 0 Å². The second kappa shape index (κ2) is 7.65. The van der Waals surface area contributed by atoms with Crippen LogP contribution in [-0.4, -0.2) is 36.3 Å². The largest absolute Gasteiger partial charge is 0.348 e. The molecule has 3 heterocycles. The van der Waals surface area contributed by atoms with Crippen LogP contribution in [0.3, 0.4) is 0 Å². The number of aromatic amines is 1. The number of aromatic nitrogens is 5. The van der Waals surface area contributed by atoms with Crippen molar-refractivity contribution in [2.24, 2.45) is 0 Å². The quantitative estimate of drug-likeness (QED) is 0.517. The van der Waals surface area contributed by atoms with Gasteiger partial charge in [0.05, 0.1) is 5.75 Å². The normalized spacial score (nSPS) is 11.0. The Morgan fingerprint density at radius 3 is 2.76 bits per heavy atom. The lowest BCUT2D eigenvalue weighted by molar-refractivity contribution is 0.102. The van der Waals surface area contributed by atoms with Gasteiger partial charge in [-0.3, -0.25) is 14.9 Å². The molecule has 130 valence electrons. The van der Waals surface area contributed by atoms with E-state index in [9.17, 15) is 4.79 Å². The second-order valence-electron chi connectivity index (χ2n) is 5.85. The summed E-state index contributed by atoms with van der Waals surface area (Å²) >= 11 is 1.35. The van der Waals surface area contributed by atoms with E-state index in [1.54, 1.807) is 12.4 Å². The van der Waals surface area contributed by atoms with Crippen molar-refractivity contribution in [2.45, 2.75) is 38.9 Å². The Balaban J connectivity index is 1.67. The third-order valence-corrected chi connectivity index (χ3v) is 4.92. The SMILES string of the molecule is CCCn1c(C)cc(C(=O)CSc2n[nH]c(-c3ccncc3)n2)c1C. The van der Waals surface area contributed by atoms with Crippen LogP contribution in [0.2, 0.25) is 0 Å². The topological polar surface area (TPSA) is 76.5 Å². The molecule has 0 amide bonds. The van der Waals surface area contributed by atoms with Crippen LogP contribution in [0.15, 0.2) is 35.7 Å². The number of carbonyl (C=O) groups is 1. The number of rotatable bonds is 7. The van der Waals surface area contributed by atoms with E-state index in [0.29, 0.717) is 16.7 Å². The van der Waals surface area contributed by atoms with E-state index < -0.39 is 0 Å². The first kappa shape index (κ1) is 17.4. The molecule has 3 rings (SSSR count). The summed E-state index contributed by atoms with van der Waals surface area (Å²) in [5, 5.41) is 7.66. The fourth-order valence-electron chi connectivity index (χ4n) is 2.81. The fourth-order valence-corrected chi connectivity index (χ4v) is 3.49. The zero-order valence-corrected chi connectivity index (χ0v) is 15.4. The summed E-state index contributed by atoms with van der Waals surface area (Å²) in [6, 6.07) is 5.71. The van der Waals surface area contributed by atoms with E-state index in [1.807, 2.05) is 32.0 Å². The summed E-state index contributed by atoms with van der Waals surface area (Å²) in [5.41, 5.74) is 3.88. The van der Waals surface area contributed by atoms with Crippen LogP contribution in [0.25, 0.3) is 11.4 Å². The molecule has 3 aromatic rings. The molecule has 0 bridgehead atoms. The highest BCUT2D eigenvalue weighted by atomic mass is 32.2. The van der Waals surface area contributed by atoms with Crippen LogP contribution >= 0.6 is 11.8 Å². The van der Waals surface area contributed by atoms with Crippen LogP contribution < -0.4 is 0 Å². The number of ketones is 1. The highest BCUT2D eigenvalue weighted by Gasteiger charge is 2.16. The number of nitrogens with one attached hydrogen (secondary N) is 1. The molecule has 0 fully saturated rings. The van der Waals surface area contributed by atoms with Gasteiger partial charge in [-0.25, -0.2) is 4.98 Å². The van der Waals surface area contributed by atoms with Crippen LogP contribution in [-0.2, 0) is 6.54 Å². The standard InChI is InChI=1S/C18H21N5OS/c1-4-9-23-12(2)10-15(13(23)3)16(24)11-25-18-20-17(21-22-18)14-5-7-19-8-6-14/h5-8,10H,4,9,11H2,1-3H3,(H,20,21,22). The van der Waals surface area contributed by atoms with Gasteiger partial charge in [-0.1, -0.05) is 18.7 Å². The molecular formula is C18H21N5OS. The molecule has 0 atom stereocenters. The van der Waals surface area contributed by atoms with Gasteiger partial charge in [0.2, 0.25) is 5.16 Å². The van der Waals surface area contributed by atoms with Crippen molar-refractivity contribution in [3.8, 4) is 11.4 Å². The van der Waals surface area contributed by atoms with Gasteiger partial charge in [0, 0.05) is 41.5 Å². The number of H-pyrrole nitrogens is 1. The average Bonchev–Trinajstić information content (AvgIpc) is 3.21. The molecule has 0 aliphatic carbocycles. The Morgan fingerprint density at radius 2 is 2.04 bits per heavy atom. The maximum absolute atomic E-state index is 12.6. The number of aryl methyl sites for hydroxylation is 1. The Labute approximate surface area is 151 Å². The molecule has 0 unspecified atom stereocenters. The number of hydrogen-bond donors (Lipinski definition) is 1. The third-order valence-electron chi connectivity index (χ3n) is 4.07. The number of hydrogen-bond acceptors (Lipinski definition) is 5. The summed E-state index contributed by atoms with van der Waals surface area (Å²) in [6.45, 7) is 7.13. The van der Waals surface area contributed by atoms with Crippen molar-refractivity contribution < 1.29 is 4.79 Å². The van der Waals surface area contributed by atoms with Gasteiger partial charge in [0.15, 0.2) is 11.6 Å². The molecule has 0 radical (unpaired) electrons. The molecule has 0 aliphatic rings. The van der Waals surface area contributed by atoms with Gasteiger partial charge in [-0.15, -0.1) is 5.10 Å². The number of thioether (sulfide) groups is 1.